The summed E-state index contributed by atoms with van der Waals surface area (Å²) in [5.41, 5.74) is 2.22. The molecule has 1 rings (SSSR count). The van der Waals surface area contributed by atoms with Gasteiger partial charge in [0.2, 0.25) is 0 Å². The third-order valence-corrected chi connectivity index (χ3v) is 3.66. The molecular weight excluding hydrogens is 236 g/mol. The Kier molecular flexibility index (Phi) is 7.53. The van der Waals surface area contributed by atoms with Crippen molar-refractivity contribution >= 4 is 5.69 Å². The molecule has 0 radical (unpaired) electrons. The molecule has 0 spiro atoms. The molecular formula is C16H28N2O. The summed E-state index contributed by atoms with van der Waals surface area (Å²) in [6, 6.07) is 8.21. The van der Waals surface area contributed by atoms with E-state index in [9.17, 15) is 0 Å². The van der Waals surface area contributed by atoms with Crippen molar-refractivity contribution in [3.05, 3.63) is 29.8 Å². The number of benzene rings is 1. The maximum absolute atomic E-state index is 9.06. The Morgan fingerprint density at radius 3 is 2.00 bits per heavy atom. The molecule has 1 aromatic carbocycles. The summed E-state index contributed by atoms with van der Waals surface area (Å²) in [6.07, 6.45) is 1.19. The van der Waals surface area contributed by atoms with Crippen molar-refractivity contribution in [3.8, 4) is 0 Å². The number of anilines is 1. The second-order valence-electron chi connectivity index (χ2n) is 4.78. The summed E-state index contributed by atoms with van der Waals surface area (Å²) in [6.45, 7) is 12.3. The summed E-state index contributed by atoms with van der Waals surface area (Å²) in [4.78, 5) is 4.85. The standard InChI is InChI=1S/C16H28N2O/c1-4-17(5-2)12-7-13-18(6-3)16-10-8-15(14-19)9-11-16/h8-11,19H,4-7,12-14H2,1-3H3. The number of aliphatic hydroxyl groups is 1. The quantitative estimate of drug-likeness (QED) is 0.743. The molecule has 0 fully saturated rings. The monoisotopic (exact) mass is 264 g/mol. The molecule has 0 saturated carbocycles. The fourth-order valence-corrected chi connectivity index (χ4v) is 2.31. The van der Waals surface area contributed by atoms with Crippen LogP contribution in [0.3, 0.4) is 0 Å². The Morgan fingerprint density at radius 2 is 1.53 bits per heavy atom. The van der Waals surface area contributed by atoms with Crippen molar-refractivity contribution in [2.45, 2.75) is 33.8 Å². The number of aliphatic hydroxyl groups excluding tert-OH is 1. The molecule has 1 N–H and O–H groups in total. The fraction of sp³-hybridized carbons (Fsp3) is 0.625. The molecule has 0 bridgehead atoms. The Bertz CT molecular complexity index is 333. The highest BCUT2D eigenvalue weighted by Gasteiger charge is 2.05. The van der Waals surface area contributed by atoms with Crippen LogP contribution in [0.5, 0.6) is 0 Å². The van der Waals surface area contributed by atoms with Gasteiger partial charge >= 0.3 is 0 Å². The number of rotatable bonds is 9. The molecule has 3 heteroatoms. The highest BCUT2D eigenvalue weighted by atomic mass is 16.3. The molecule has 0 aliphatic carbocycles. The van der Waals surface area contributed by atoms with E-state index < -0.39 is 0 Å². The van der Waals surface area contributed by atoms with Crippen molar-refractivity contribution in [1.29, 1.82) is 0 Å². The zero-order valence-electron chi connectivity index (χ0n) is 12.6. The van der Waals surface area contributed by atoms with Crippen LogP contribution >= 0.6 is 0 Å². The molecule has 0 aliphatic heterocycles. The lowest BCUT2D eigenvalue weighted by Gasteiger charge is -2.25. The fourth-order valence-electron chi connectivity index (χ4n) is 2.31. The van der Waals surface area contributed by atoms with Crippen molar-refractivity contribution in [3.63, 3.8) is 0 Å². The van der Waals surface area contributed by atoms with Crippen LogP contribution in [0.15, 0.2) is 24.3 Å². The predicted molar refractivity (Wildman–Crippen MR) is 82.7 cm³/mol. The van der Waals surface area contributed by atoms with Crippen LogP contribution in [-0.2, 0) is 6.61 Å². The maximum atomic E-state index is 9.06. The summed E-state index contributed by atoms with van der Waals surface area (Å²) < 4.78 is 0. The summed E-state index contributed by atoms with van der Waals surface area (Å²) in [5, 5.41) is 9.06. The van der Waals surface area contributed by atoms with Gasteiger partial charge in [0.25, 0.3) is 0 Å². The zero-order valence-corrected chi connectivity index (χ0v) is 12.6. The van der Waals surface area contributed by atoms with Crippen LogP contribution in [0.4, 0.5) is 5.69 Å². The molecule has 108 valence electrons. The average molecular weight is 264 g/mol. The van der Waals surface area contributed by atoms with Gasteiger partial charge in [0, 0.05) is 18.8 Å². The molecule has 3 nitrogen and oxygen atoms in total. The number of nitrogens with zero attached hydrogens (tertiary/aromatic N) is 2. The van der Waals surface area contributed by atoms with Crippen molar-refractivity contribution in [2.75, 3.05) is 37.6 Å². The van der Waals surface area contributed by atoms with E-state index in [1.54, 1.807) is 0 Å². The summed E-state index contributed by atoms with van der Waals surface area (Å²) >= 11 is 0. The third-order valence-electron chi connectivity index (χ3n) is 3.66. The molecule has 0 heterocycles. The van der Waals surface area contributed by atoms with Gasteiger partial charge in [-0.05, 0) is 50.7 Å². The van der Waals surface area contributed by atoms with Gasteiger partial charge in [-0.1, -0.05) is 26.0 Å². The van der Waals surface area contributed by atoms with Crippen molar-refractivity contribution < 1.29 is 5.11 Å². The topological polar surface area (TPSA) is 26.7 Å². The van der Waals surface area contributed by atoms with Crippen LogP contribution in [0, 0.1) is 0 Å². The minimum Gasteiger partial charge on any atom is -0.392 e. The second kappa shape index (κ2) is 8.94. The Hall–Kier alpha value is -1.06. The molecule has 0 aromatic heterocycles. The SMILES string of the molecule is CCN(CC)CCCN(CC)c1ccc(CO)cc1. The van der Waals surface area contributed by atoms with E-state index in [1.165, 1.54) is 12.1 Å². The van der Waals surface area contributed by atoms with Crippen LogP contribution in [0.2, 0.25) is 0 Å². The lowest BCUT2D eigenvalue weighted by Crippen LogP contribution is -2.29. The van der Waals surface area contributed by atoms with Gasteiger partial charge in [-0.25, -0.2) is 0 Å². The first-order valence-corrected chi connectivity index (χ1v) is 7.42. The van der Waals surface area contributed by atoms with E-state index in [4.69, 9.17) is 5.11 Å². The molecule has 0 unspecified atom stereocenters. The first kappa shape index (κ1) is 16.0. The van der Waals surface area contributed by atoms with Crippen LogP contribution in [0.25, 0.3) is 0 Å². The predicted octanol–water partition coefficient (Wildman–Crippen LogP) is 2.74. The molecule has 19 heavy (non-hydrogen) atoms. The summed E-state index contributed by atoms with van der Waals surface area (Å²) in [5.74, 6) is 0. The van der Waals surface area contributed by atoms with Gasteiger partial charge in [-0.3, -0.25) is 0 Å². The highest BCUT2D eigenvalue weighted by Crippen LogP contribution is 2.15. The van der Waals surface area contributed by atoms with Crippen molar-refractivity contribution in [1.82, 2.24) is 4.90 Å². The normalized spacial score (nSPS) is 11.0. The van der Waals surface area contributed by atoms with Gasteiger partial charge in [-0.2, -0.15) is 0 Å². The van der Waals surface area contributed by atoms with Crippen molar-refractivity contribution in [2.24, 2.45) is 0 Å². The Morgan fingerprint density at radius 1 is 0.895 bits per heavy atom. The van der Waals surface area contributed by atoms with E-state index in [0.29, 0.717) is 0 Å². The zero-order chi connectivity index (χ0) is 14.1. The minimum absolute atomic E-state index is 0.119. The van der Waals surface area contributed by atoms with E-state index in [0.717, 1.165) is 38.3 Å². The molecule has 0 aliphatic rings. The maximum Gasteiger partial charge on any atom is 0.0681 e. The van der Waals surface area contributed by atoms with Crippen LogP contribution in [-0.4, -0.2) is 42.7 Å². The molecule has 1 aromatic rings. The van der Waals surface area contributed by atoms with Crippen LogP contribution < -0.4 is 4.90 Å². The van der Waals surface area contributed by atoms with Gasteiger partial charge in [0.1, 0.15) is 0 Å². The highest BCUT2D eigenvalue weighted by molar-refractivity contribution is 5.47. The smallest absolute Gasteiger partial charge is 0.0681 e. The Labute approximate surface area is 117 Å². The lowest BCUT2D eigenvalue weighted by molar-refractivity contribution is 0.282. The first-order valence-electron chi connectivity index (χ1n) is 7.42. The van der Waals surface area contributed by atoms with E-state index in [1.807, 2.05) is 12.1 Å². The van der Waals surface area contributed by atoms with E-state index in [-0.39, 0.29) is 6.61 Å². The Balaban J connectivity index is 2.48. The van der Waals surface area contributed by atoms with E-state index in [2.05, 4.69) is 42.7 Å². The van der Waals surface area contributed by atoms with Gasteiger partial charge in [0.15, 0.2) is 0 Å². The molecule has 0 saturated heterocycles. The van der Waals surface area contributed by atoms with Gasteiger partial charge in [-0.15, -0.1) is 0 Å². The van der Waals surface area contributed by atoms with Gasteiger partial charge < -0.3 is 14.9 Å². The average Bonchev–Trinajstić information content (AvgIpc) is 2.48. The lowest BCUT2D eigenvalue weighted by atomic mass is 10.2. The summed E-state index contributed by atoms with van der Waals surface area (Å²) in [7, 11) is 0. The largest absolute Gasteiger partial charge is 0.392 e. The number of hydrogen-bond donors (Lipinski definition) is 1. The van der Waals surface area contributed by atoms with Crippen LogP contribution in [0.1, 0.15) is 32.8 Å². The minimum atomic E-state index is 0.119. The molecule has 0 atom stereocenters. The van der Waals surface area contributed by atoms with Gasteiger partial charge in [0.05, 0.1) is 6.61 Å². The molecule has 0 amide bonds. The number of hydrogen-bond acceptors (Lipinski definition) is 3. The second-order valence-corrected chi connectivity index (χ2v) is 4.78. The first-order chi connectivity index (χ1) is 9.24. The van der Waals surface area contributed by atoms with E-state index >= 15 is 0 Å². The third kappa shape index (κ3) is 5.21.